The van der Waals surface area contributed by atoms with E-state index < -0.39 is 41.2 Å². The molecule has 1 aromatic rings. The maximum atomic E-state index is 11.8. The Morgan fingerprint density at radius 2 is 1.63 bits per heavy atom. The van der Waals surface area contributed by atoms with Crippen LogP contribution in [0, 0.1) is 5.92 Å². The molecule has 8 nitrogen and oxygen atoms in total. The van der Waals surface area contributed by atoms with Crippen LogP contribution in [0.2, 0.25) is 0 Å². The van der Waals surface area contributed by atoms with E-state index in [-0.39, 0.29) is 0 Å². The SMILES string of the molecule is CC(C)[C@@H](NC(=O)c1nccnc1C(=O)[O-])C(=O)[O-]. The molecule has 8 heteroatoms. The second kappa shape index (κ2) is 5.89. The Labute approximate surface area is 108 Å². The lowest BCUT2D eigenvalue weighted by molar-refractivity contribution is -0.309. The van der Waals surface area contributed by atoms with Gasteiger partial charge in [0.1, 0.15) is 5.69 Å². The van der Waals surface area contributed by atoms with E-state index in [1.807, 2.05) is 0 Å². The van der Waals surface area contributed by atoms with Crippen LogP contribution in [0.15, 0.2) is 12.4 Å². The number of amides is 1. The van der Waals surface area contributed by atoms with Gasteiger partial charge in [-0.2, -0.15) is 0 Å². The minimum atomic E-state index is -1.67. The Hall–Kier alpha value is -2.51. The summed E-state index contributed by atoms with van der Waals surface area (Å²) < 4.78 is 0. The van der Waals surface area contributed by atoms with Crippen molar-refractivity contribution in [2.24, 2.45) is 5.92 Å². The molecule has 0 aliphatic carbocycles. The normalized spacial score (nSPS) is 11.9. The Morgan fingerprint density at radius 3 is 2.05 bits per heavy atom. The maximum absolute atomic E-state index is 11.8. The number of aromatic nitrogens is 2. The van der Waals surface area contributed by atoms with Gasteiger partial charge in [-0.05, 0) is 5.92 Å². The molecule has 0 saturated carbocycles. The monoisotopic (exact) mass is 265 g/mol. The predicted octanol–water partition coefficient (Wildman–Crippen LogP) is -2.66. The largest absolute Gasteiger partial charge is 0.548 e. The molecule has 0 aliphatic rings. The molecule has 0 bridgehead atoms. The second-order valence-corrected chi connectivity index (χ2v) is 4.06. The Bertz CT molecular complexity index is 515. The van der Waals surface area contributed by atoms with Gasteiger partial charge in [-0.15, -0.1) is 0 Å². The van der Waals surface area contributed by atoms with Crippen molar-refractivity contribution in [2.45, 2.75) is 19.9 Å². The van der Waals surface area contributed by atoms with Crippen molar-refractivity contribution in [3.05, 3.63) is 23.8 Å². The molecule has 0 fully saturated rings. The highest BCUT2D eigenvalue weighted by molar-refractivity contribution is 6.02. The van der Waals surface area contributed by atoms with Crippen LogP contribution in [0.5, 0.6) is 0 Å². The van der Waals surface area contributed by atoms with Crippen LogP contribution in [0.25, 0.3) is 0 Å². The Kier molecular flexibility index (Phi) is 4.51. The summed E-state index contributed by atoms with van der Waals surface area (Å²) in [6, 6.07) is -1.26. The fraction of sp³-hybridized carbons (Fsp3) is 0.364. The van der Waals surface area contributed by atoms with Crippen LogP contribution in [-0.2, 0) is 4.79 Å². The minimum absolute atomic E-state index is 0.433. The van der Waals surface area contributed by atoms with Crippen molar-refractivity contribution in [1.82, 2.24) is 15.3 Å². The molecule has 0 aromatic carbocycles. The first-order chi connectivity index (χ1) is 8.84. The number of carboxylic acid groups (broad SMARTS) is 2. The molecule has 0 unspecified atom stereocenters. The summed E-state index contributed by atoms with van der Waals surface area (Å²) in [6.45, 7) is 3.13. The number of hydrogen-bond donors (Lipinski definition) is 1. The lowest BCUT2D eigenvalue weighted by Gasteiger charge is -2.23. The van der Waals surface area contributed by atoms with Crippen molar-refractivity contribution < 1.29 is 24.6 Å². The van der Waals surface area contributed by atoms with E-state index in [9.17, 15) is 24.6 Å². The summed E-state index contributed by atoms with van der Waals surface area (Å²) >= 11 is 0. The number of carboxylic acids is 2. The Balaban J connectivity index is 3.01. The second-order valence-electron chi connectivity index (χ2n) is 4.06. The lowest BCUT2D eigenvalue weighted by Crippen LogP contribution is -2.51. The van der Waals surface area contributed by atoms with Gasteiger partial charge in [0, 0.05) is 12.4 Å². The van der Waals surface area contributed by atoms with Gasteiger partial charge in [0.2, 0.25) is 0 Å². The van der Waals surface area contributed by atoms with Crippen LogP contribution in [0.4, 0.5) is 0 Å². The summed E-state index contributed by atoms with van der Waals surface area (Å²) in [6.07, 6.45) is 2.20. The van der Waals surface area contributed by atoms with Crippen molar-refractivity contribution in [3.63, 3.8) is 0 Å². The van der Waals surface area contributed by atoms with E-state index >= 15 is 0 Å². The van der Waals surface area contributed by atoms with E-state index in [1.54, 1.807) is 13.8 Å². The number of hydrogen-bond acceptors (Lipinski definition) is 7. The van der Waals surface area contributed by atoms with Crippen LogP contribution in [0.3, 0.4) is 0 Å². The number of aromatic carboxylic acids is 1. The highest BCUT2D eigenvalue weighted by Crippen LogP contribution is 2.05. The third-order valence-corrected chi connectivity index (χ3v) is 2.31. The first kappa shape index (κ1) is 14.6. The molecular formula is C11H11N3O5-2. The van der Waals surface area contributed by atoms with Crippen LogP contribution < -0.4 is 15.5 Å². The predicted molar refractivity (Wildman–Crippen MR) is 57.5 cm³/mol. The lowest BCUT2D eigenvalue weighted by atomic mass is 10.0. The molecule has 19 heavy (non-hydrogen) atoms. The standard InChI is InChI=1S/C11H13N3O5/c1-5(2)6(10(16)17)14-9(15)7-8(11(18)19)13-4-3-12-7/h3-6H,1-2H3,(H,14,15)(H,16,17)(H,18,19)/p-2/t6-/m1/s1. The molecule has 1 aromatic heterocycles. The molecule has 1 heterocycles. The summed E-state index contributed by atoms with van der Waals surface area (Å²) in [7, 11) is 0. The van der Waals surface area contributed by atoms with E-state index in [4.69, 9.17) is 0 Å². The average molecular weight is 265 g/mol. The van der Waals surface area contributed by atoms with Gasteiger partial charge in [0.05, 0.1) is 18.0 Å². The number of aliphatic carboxylic acids is 1. The van der Waals surface area contributed by atoms with Crippen molar-refractivity contribution >= 4 is 17.8 Å². The van der Waals surface area contributed by atoms with Gasteiger partial charge in [0.25, 0.3) is 5.91 Å². The van der Waals surface area contributed by atoms with Gasteiger partial charge in [-0.25, -0.2) is 4.98 Å². The van der Waals surface area contributed by atoms with E-state index in [2.05, 4.69) is 15.3 Å². The fourth-order valence-corrected chi connectivity index (χ4v) is 1.36. The molecule has 0 saturated heterocycles. The fourth-order valence-electron chi connectivity index (χ4n) is 1.36. The molecule has 102 valence electrons. The number of carbonyl (C=O) groups is 3. The zero-order valence-corrected chi connectivity index (χ0v) is 10.2. The number of nitrogens with one attached hydrogen (secondary N) is 1. The number of nitrogens with zero attached hydrogens (tertiary/aromatic N) is 2. The molecule has 1 amide bonds. The molecule has 0 radical (unpaired) electrons. The minimum Gasteiger partial charge on any atom is -0.548 e. The first-order valence-corrected chi connectivity index (χ1v) is 5.38. The average Bonchev–Trinajstić information content (AvgIpc) is 2.34. The molecule has 0 spiro atoms. The van der Waals surface area contributed by atoms with Crippen molar-refractivity contribution in [1.29, 1.82) is 0 Å². The van der Waals surface area contributed by atoms with E-state index in [0.29, 0.717) is 0 Å². The smallest absolute Gasteiger partial charge is 0.272 e. The third kappa shape index (κ3) is 3.47. The van der Waals surface area contributed by atoms with Gasteiger partial charge in [-0.1, -0.05) is 13.8 Å². The van der Waals surface area contributed by atoms with Gasteiger partial charge in [0.15, 0.2) is 5.69 Å². The van der Waals surface area contributed by atoms with Gasteiger partial charge in [-0.3, -0.25) is 9.78 Å². The molecule has 1 atom stereocenters. The molecular weight excluding hydrogens is 254 g/mol. The molecule has 0 aliphatic heterocycles. The van der Waals surface area contributed by atoms with Gasteiger partial charge >= 0.3 is 0 Å². The molecule has 1 rings (SSSR count). The van der Waals surface area contributed by atoms with Crippen molar-refractivity contribution in [3.8, 4) is 0 Å². The number of carbonyl (C=O) groups excluding carboxylic acids is 3. The first-order valence-electron chi connectivity index (χ1n) is 5.38. The van der Waals surface area contributed by atoms with Gasteiger partial charge < -0.3 is 25.1 Å². The highest BCUT2D eigenvalue weighted by Gasteiger charge is 2.21. The molecule has 1 N–H and O–H groups in total. The van der Waals surface area contributed by atoms with Crippen LogP contribution in [0.1, 0.15) is 34.8 Å². The Morgan fingerprint density at radius 1 is 1.11 bits per heavy atom. The van der Waals surface area contributed by atoms with E-state index in [0.717, 1.165) is 12.4 Å². The summed E-state index contributed by atoms with van der Waals surface area (Å²) in [4.78, 5) is 40.4. The van der Waals surface area contributed by atoms with E-state index in [1.165, 1.54) is 0 Å². The highest BCUT2D eigenvalue weighted by atomic mass is 16.4. The zero-order chi connectivity index (χ0) is 14.6. The quantitative estimate of drug-likeness (QED) is 0.613. The zero-order valence-electron chi connectivity index (χ0n) is 10.2. The summed E-state index contributed by atoms with van der Waals surface area (Å²) in [5.74, 6) is -4.54. The summed E-state index contributed by atoms with van der Waals surface area (Å²) in [5, 5.41) is 23.7. The third-order valence-electron chi connectivity index (χ3n) is 2.31. The van der Waals surface area contributed by atoms with Crippen LogP contribution >= 0.6 is 0 Å². The topological polar surface area (TPSA) is 135 Å². The number of rotatable bonds is 5. The van der Waals surface area contributed by atoms with Crippen LogP contribution in [-0.4, -0.2) is 33.9 Å². The maximum Gasteiger partial charge on any atom is 0.272 e. The summed E-state index contributed by atoms with van der Waals surface area (Å²) in [5.41, 5.74) is -1.16. The van der Waals surface area contributed by atoms with Crippen molar-refractivity contribution in [2.75, 3.05) is 0 Å².